The number of nitrogens with zero attached hydrogens (tertiary/aromatic N) is 1. The van der Waals surface area contributed by atoms with Crippen LogP contribution < -0.4 is 0 Å². The second kappa shape index (κ2) is 7.24. The summed E-state index contributed by atoms with van der Waals surface area (Å²) in [7, 11) is 0. The van der Waals surface area contributed by atoms with Gasteiger partial charge in [0.1, 0.15) is 12.4 Å². The highest BCUT2D eigenvalue weighted by Crippen LogP contribution is 2.25. The zero-order valence-corrected chi connectivity index (χ0v) is 12.2. The largest absolute Gasteiger partial charge is 0.384 e. The molecular weight excluding hydrogens is 269 g/mol. The molecule has 1 aliphatic rings. The Balaban J connectivity index is 2.27. The van der Waals surface area contributed by atoms with Gasteiger partial charge >= 0.3 is 0 Å². The van der Waals surface area contributed by atoms with Crippen LogP contribution in [0.25, 0.3) is 0 Å². The Kier molecular flexibility index (Phi) is 5.35. The topological polar surface area (TPSA) is 40.5 Å². The first-order chi connectivity index (χ1) is 10.2. The first kappa shape index (κ1) is 15.5. The smallest absolute Gasteiger partial charge is 0.257 e. The second-order valence-corrected chi connectivity index (χ2v) is 5.18. The molecule has 0 heterocycles. The van der Waals surface area contributed by atoms with Crippen LogP contribution in [-0.4, -0.2) is 35.1 Å². The lowest BCUT2D eigenvalue weighted by molar-refractivity contribution is 0.0688. The molecule has 4 heteroatoms. The van der Waals surface area contributed by atoms with Gasteiger partial charge in [-0.05, 0) is 38.0 Å². The van der Waals surface area contributed by atoms with E-state index in [-0.39, 0.29) is 24.1 Å². The van der Waals surface area contributed by atoms with Crippen molar-refractivity contribution >= 4 is 5.91 Å². The van der Waals surface area contributed by atoms with E-state index >= 15 is 0 Å². The molecule has 0 spiro atoms. The first-order valence-electron chi connectivity index (χ1n) is 7.37. The van der Waals surface area contributed by atoms with Gasteiger partial charge in [-0.1, -0.05) is 24.7 Å². The van der Waals surface area contributed by atoms with E-state index in [1.807, 2.05) is 6.92 Å². The molecule has 1 amide bonds. The Bertz CT molecular complexity index is 568. The molecule has 1 fully saturated rings. The molecule has 1 N–H and O–H groups in total. The van der Waals surface area contributed by atoms with Crippen molar-refractivity contribution in [3.8, 4) is 11.8 Å². The molecule has 0 bridgehead atoms. The fraction of sp³-hybridized carbons (Fsp3) is 0.471. The fourth-order valence-corrected chi connectivity index (χ4v) is 2.85. The summed E-state index contributed by atoms with van der Waals surface area (Å²) in [4.78, 5) is 14.4. The average molecular weight is 289 g/mol. The summed E-state index contributed by atoms with van der Waals surface area (Å²) in [5.41, 5.74) is 0.602. The van der Waals surface area contributed by atoms with Crippen LogP contribution in [0.4, 0.5) is 4.39 Å². The van der Waals surface area contributed by atoms with E-state index in [0.29, 0.717) is 12.1 Å². The summed E-state index contributed by atoms with van der Waals surface area (Å²) in [6, 6.07) is 4.46. The predicted octanol–water partition coefficient (Wildman–Crippen LogP) is 2.57. The zero-order valence-electron chi connectivity index (χ0n) is 12.2. The van der Waals surface area contributed by atoms with Crippen LogP contribution in [0, 0.1) is 17.7 Å². The van der Waals surface area contributed by atoms with Gasteiger partial charge in [0.15, 0.2) is 0 Å². The van der Waals surface area contributed by atoms with Crippen molar-refractivity contribution in [2.75, 3.05) is 13.2 Å². The number of aliphatic hydroxyl groups excluding tert-OH is 1. The lowest BCUT2D eigenvalue weighted by atomic mass is 10.1. The number of amides is 1. The SMILES string of the molecule is CCN(C(=O)c1cc(C#CCO)ccc1F)C1CCCC1. The highest BCUT2D eigenvalue weighted by atomic mass is 19.1. The van der Waals surface area contributed by atoms with Crippen LogP contribution in [0.1, 0.15) is 48.5 Å². The van der Waals surface area contributed by atoms with Gasteiger partial charge in [-0.2, -0.15) is 0 Å². The van der Waals surface area contributed by atoms with Gasteiger partial charge in [-0.25, -0.2) is 4.39 Å². The molecule has 112 valence electrons. The first-order valence-corrected chi connectivity index (χ1v) is 7.37. The number of hydrogen-bond donors (Lipinski definition) is 1. The maximum Gasteiger partial charge on any atom is 0.257 e. The van der Waals surface area contributed by atoms with Crippen molar-refractivity contribution in [2.24, 2.45) is 0 Å². The molecule has 2 rings (SSSR count). The van der Waals surface area contributed by atoms with Crippen molar-refractivity contribution in [1.82, 2.24) is 4.90 Å². The van der Waals surface area contributed by atoms with E-state index in [4.69, 9.17) is 5.11 Å². The monoisotopic (exact) mass is 289 g/mol. The fourth-order valence-electron chi connectivity index (χ4n) is 2.85. The van der Waals surface area contributed by atoms with E-state index < -0.39 is 5.82 Å². The molecule has 0 atom stereocenters. The van der Waals surface area contributed by atoms with Crippen molar-refractivity contribution in [3.63, 3.8) is 0 Å². The quantitative estimate of drug-likeness (QED) is 0.869. The number of rotatable bonds is 3. The van der Waals surface area contributed by atoms with Gasteiger partial charge in [0.05, 0.1) is 5.56 Å². The highest BCUT2D eigenvalue weighted by molar-refractivity contribution is 5.95. The maximum atomic E-state index is 14.0. The van der Waals surface area contributed by atoms with Crippen molar-refractivity contribution in [3.05, 3.63) is 35.1 Å². The van der Waals surface area contributed by atoms with E-state index in [0.717, 1.165) is 25.7 Å². The van der Waals surface area contributed by atoms with Crippen LogP contribution in [-0.2, 0) is 0 Å². The molecular formula is C17H20FNO2. The summed E-state index contributed by atoms with van der Waals surface area (Å²) >= 11 is 0. The Hall–Kier alpha value is -1.86. The third-order valence-corrected chi connectivity index (χ3v) is 3.88. The number of carbonyl (C=O) groups excluding carboxylic acids is 1. The summed E-state index contributed by atoms with van der Waals surface area (Å²) < 4.78 is 14.0. The molecule has 0 aliphatic heterocycles. The van der Waals surface area contributed by atoms with Crippen molar-refractivity contribution in [1.29, 1.82) is 0 Å². The Morgan fingerprint density at radius 2 is 2.14 bits per heavy atom. The van der Waals surface area contributed by atoms with E-state index in [9.17, 15) is 9.18 Å². The van der Waals surface area contributed by atoms with Crippen molar-refractivity contribution < 1.29 is 14.3 Å². The molecule has 0 unspecified atom stereocenters. The summed E-state index contributed by atoms with van der Waals surface area (Å²) in [5.74, 6) is 4.42. The molecule has 1 aliphatic carbocycles. The number of carbonyl (C=O) groups is 1. The predicted molar refractivity (Wildman–Crippen MR) is 79.3 cm³/mol. The van der Waals surface area contributed by atoms with Gasteiger partial charge in [0.25, 0.3) is 5.91 Å². The molecule has 1 aromatic rings. The molecule has 0 radical (unpaired) electrons. The van der Waals surface area contributed by atoms with Crippen LogP contribution in [0.3, 0.4) is 0 Å². The van der Waals surface area contributed by atoms with E-state index in [2.05, 4.69) is 11.8 Å². The number of benzene rings is 1. The maximum absolute atomic E-state index is 14.0. The average Bonchev–Trinajstić information content (AvgIpc) is 3.01. The Morgan fingerprint density at radius 3 is 2.76 bits per heavy atom. The number of halogens is 1. The number of hydrogen-bond acceptors (Lipinski definition) is 2. The van der Waals surface area contributed by atoms with Crippen LogP contribution >= 0.6 is 0 Å². The van der Waals surface area contributed by atoms with Gasteiger partial charge in [-0.15, -0.1) is 0 Å². The van der Waals surface area contributed by atoms with Crippen molar-refractivity contribution in [2.45, 2.75) is 38.6 Å². The van der Waals surface area contributed by atoms with E-state index in [1.54, 1.807) is 4.90 Å². The molecule has 0 saturated heterocycles. The summed E-state index contributed by atoms with van der Waals surface area (Å²) in [6.07, 6.45) is 4.23. The van der Waals surface area contributed by atoms with Gasteiger partial charge in [0, 0.05) is 18.2 Å². The van der Waals surface area contributed by atoms with Crippen LogP contribution in [0.15, 0.2) is 18.2 Å². The van der Waals surface area contributed by atoms with Gasteiger partial charge < -0.3 is 10.0 Å². The minimum absolute atomic E-state index is 0.0634. The van der Waals surface area contributed by atoms with Gasteiger partial charge in [-0.3, -0.25) is 4.79 Å². The highest BCUT2D eigenvalue weighted by Gasteiger charge is 2.27. The molecule has 1 aromatic carbocycles. The lowest BCUT2D eigenvalue weighted by Gasteiger charge is -2.28. The Labute approximate surface area is 124 Å². The minimum Gasteiger partial charge on any atom is -0.384 e. The molecule has 21 heavy (non-hydrogen) atoms. The van der Waals surface area contributed by atoms with E-state index in [1.165, 1.54) is 18.2 Å². The zero-order chi connectivity index (χ0) is 15.2. The second-order valence-electron chi connectivity index (χ2n) is 5.18. The van der Waals surface area contributed by atoms with Crippen LogP contribution in [0.2, 0.25) is 0 Å². The third kappa shape index (κ3) is 3.62. The lowest BCUT2D eigenvalue weighted by Crippen LogP contribution is -2.39. The summed E-state index contributed by atoms with van der Waals surface area (Å²) in [6.45, 7) is 2.24. The molecule has 0 aromatic heterocycles. The third-order valence-electron chi connectivity index (χ3n) is 3.88. The minimum atomic E-state index is -0.522. The molecule has 3 nitrogen and oxygen atoms in total. The van der Waals surface area contributed by atoms with Gasteiger partial charge in [0.2, 0.25) is 0 Å². The summed E-state index contributed by atoms with van der Waals surface area (Å²) in [5, 5.41) is 8.71. The standard InChI is InChI=1S/C17H20FNO2/c1-2-19(14-7-3-4-8-14)17(21)15-12-13(6-5-11-20)9-10-16(15)18/h9-10,12,14,20H,2-4,7-8,11H2,1H3. The normalized spacial score (nSPS) is 14.6. The number of aliphatic hydroxyl groups is 1. The Morgan fingerprint density at radius 1 is 1.43 bits per heavy atom. The molecule has 1 saturated carbocycles. The van der Waals surface area contributed by atoms with Crippen LogP contribution in [0.5, 0.6) is 0 Å².